The van der Waals surface area contributed by atoms with Gasteiger partial charge in [0.25, 0.3) is 10.1 Å². The van der Waals surface area contributed by atoms with E-state index in [4.69, 9.17) is 9.66 Å². The van der Waals surface area contributed by atoms with E-state index < -0.39 is 39.2 Å². The molecule has 2 rings (SSSR count). The Morgan fingerprint density at radius 1 is 1.12 bits per heavy atom. The highest BCUT2D eigenvalue weighted by Gasteiger charge is 2.42. The first-order valence-electron chi connectivity index (χ1n) is 7.79. The molecule has 0 radical (unpaired) electrons. The predicted octanol–water partition coefficient (Wildman–Crippen LogP) is 1.35. The third-order valence-electron chi connectivity index (χ3n) is 4.45. The molecule has 0 aromatic heterocycles. The number of amides is 1. The smallest absolute Gasteiger partial charge is 0.327 e. The zero-order valence-electron chi connectivity index (χ0n) is 13.1. The van der Waals surface area contributed by atoms with Gasteiger partial charge in [-0.05, 0) is 18.4 Å². The molecule has 1 saturated carbocycles. The minimum atomic E-state index is -4.52. The third kappa shape index (κ3) is 4.33. The molecule has 1 aromatic rings. The predicted molar refractivity (Wildman–Crippen MR) is 87.2 cm³/mol. The summed E-state index contributed by atoms with van der Waals surface area (Å²) >= 11 is 0. The molecule has 132 valence electrons. The van der Waals surface area contributed by atoms with Crippen LogP contribution in [-0.2, 0) is 25.1 Å². The van der Waals surface area contributed by atoms with E-state index in [-0.39, 0.29) is 0 Å². The largest absolute Gasteiger partial charge is 0.480 e. The van der Waals surface area contributed by atoms with Crippen LogP contribution in [0.5, 0.6) is 0 Å². The summed E-state index contributed by atoms with van der Waals surface area (Å²) in [5.41, 5.74) is -0.0786. The van der Waals surface area contributed by atoms with Crippen LogP contribution in [0.4, 0.5) is 0 Å². The maximum absolute atomic E-state index is 12.9. The maximum atomic E-state index is 12.9. The van der Waals surface area contributed by atoms with Crippen molar-refractivity contribution in [3.63, 3.8) is 0 Å². The fourth-order valence-electron chi connectivity index (χ4n) is 3.24. The SMILES string of the molecule is O=C(O)[C@H](CS(=O)(=O)O)NC(=O)C1(c2ccccc2)CCCCC1. The molecular weight excluding hydrogens is 334 g/mol. The van der Waals surface area contributed by atoms with Crippen LogP contribution in [-0.4, -0.2) is 41.7 Å². The summed E-state index contributed by atoms with van der Waals surface area (Å²) < 4.78 is 30.9. The Labute approximate surface area is 140 Å². The molecule has 1 aliphatic carbocycles. The van der Waals surface area contributed by atoms with E-state index in [9.17, 15) is 18.0 Å². The van der Waals surface area contributed by atoms with Crippen molar-refractivity contribution in [1.82, 2.24) is 5.32 Å². The second kappa shape index (κ2) is 7.31. The first kappa shape index (κ1) is 18.4. The van der Waals surface area contributed by atoms with Crippen molar-refractivity contribution in [3.8, 4) is 0 Å². The van der Waals surface area contributed by atoms with E-state index in [2.05, 4.69) is 5.32 Å². The lowest BCUT2D eigenvalue weighted by Gasteiger charge is -2.37. The van der Waals surface area contributed by atoms with E-state index in [1.54, 1.807) is 0 Å². The second-order valence-corrected chi connectivity index (χ2v) is 7.62. The van der Waals surface area contributed by atoms with Crippen LogP contribution in [0.25, 0.3) is 0 Å². The zero-order valence-corrected chi connectivity index (χ0v) is 14.0. The van der Waals surface area contributed by atoms with E-state index in [1.807, 2.05) is 30.3 Å². The van der Waals surface area contributed by atoms with Gasteiger partial charge < -0.3 is 10.4 Å². The van der Waals surface area contributed by atoms with Crippen LogP contribution in [0.2, 0.25) is 0 Å². The topological polar surface area (TPSA) is 121 Å². The Morgan fingerprint density at radius 2 is 1.71 bits per heavy atom. The van der Waals surface area contributed by atoms with Gasteiger partial charge in [-0.15, -0.1) is 0 Å². The molecule has 0 saturated heterocycles. The van der Waals surface area contributed by atoms with E-state index in [1.165, 1.54) is 0 Å². The fourth-order valence-corrected chi connectivity index (χ4v) is 3.89. The Hall–Kier alpha value is -1.93. The Kier molecular flexibility index (Phi) is 5.61. The molecule has 0 bridgehead atoms. The lowest BCUT2D eigenvalue weighted by Crippen LogP contribution is -2.53. The van der Waals surface area contributed by atoms with Gasteiger partial charge in [-0.2, -0.15) is 8.42 Å². The Morgan fingerprint density at radius 3 is 2.21 bits per heavy atom. The highest BCUT2D eigenvalue weighted by Crippen LogP contribution is 2.39. The molecule has 3 N–H and O–H groups in total. The van der Waals surface area contributed by atoms with Crippen LogP contribution in [0.1, 0.15) is 37.7 Å². The molecule has 0 heterocycles. The maximum Gasteiger partial charge on any atom is 0.327 e. The first-order valence-corrected chi connectivity index (χ1v) is 9.40. The van der Waals surface area contributed by atoms with Gasteiger partial charge in [0.05, 0.1) is 5.41 Å². The highest BCUT2D eigenvalue weighted by atomic mass is 32.2. The van der Waals surface area contributed by atoms with Gasteiger partial charge in [0.1, 0.15) is 11.8 Å². The molecular formula is C16H21NO6S. The van der Waals surface area contributed by atoms with Gasteiger partial charge in [0.15, 0.2) is 0 Å². The van der Waals surface area contributed by atoms with Gasteiger partial charge >= 0.3 is 5.97 Å². The fraction of sp³-hybridized carbons (Fsp3) is 0.500. The van der Waals surface area contributed by atoms with Gasteiger partial charge in [-0.3, -0.25) is 9.35 Å². The number of hydrogen-bond donors (Lipinski definition) is 3. The minimum absolute atomic E-state index is 0.510. The molecule has 0 spiro atoms. The molecule has 0 aliphatic heterocycles. The number of aliphatic carboxylic acids is 1. The Balaban J connectivity index is 2.29. The molecule has 1 aromatic carbocycles. The van der Waals surface area contributed by atoms with Crippen LogP contribution < -0.4 is 5.32 Å². The number of carboxylic acids is 1. The van der Waals surface area contributed by atoms with Crippen molar-refractivity contribution in [2.75, 3.05) is 5.75 Å². The van der Waals surface area contributed by atoms with Crippen molar-refractivity contribution in [2.45, 2.75) is 43.6 Å². The summed E-state index contributed by atoms with van der Waals surface area (Å²) in [5, 5.41) is 11.5. The zero-order chi connectivity index (χ0) is 17.8. The van der Waals surface area contributed by atoms with Gasteiger partial charge in [-0.25, -0.2) is 4.79 Å². The Bertz CT molecular complexity index is 695. The summed E-state index contributed by atoms with van der Waals surface area (Å²) in [6, 6.07) is 7.41. The number of carboxylic acid groups (broad SMARTS) is 1. The minimum Gasteiger partial charge on any atom is -0.480 e. The highest BCUT2D eigenvalue weighted by molar-refractivity contribution is 7.85. The number of rotatable bonds is 6. The van der Waals surface area contributed by atoms with Crippen LogP contribution in [0.15, 0.2) is 30.3 Å². The number of nitrogens with one attached hydrogen (secondary N) is 1. The number of hydrogen-bond acceptors (Lipinski definition) is 4. The molecule has 8 heteroatoms. The molecule has 1 atom stereocenters. The summed E-state index contributed by atoms with van der Waals surface area (Å²) in [5.74, 6) is -3.07. The average molecular weight is 355 g/mol. The van der Waals surface area contributed by atoms with Crippen molar-refractivity contribution in [3.05, 3.63) is 35.9 Å². The van der Waals surface area contributed by atoms with E-state index in [0.717, 1.165) is 24.8 Å². The van der Waals surface area contributed by atoms with Gasteiger partial charge in [-0.1, -0.05) is 49.6 Å². The van der Waals surface area contributed by atoms with E-state index >= 15 is 0 Å². The van der Waals surface area contributed by atoms with Crippen LogP contribution >= 0.6 is 0 Å². The average Bonchev–Trinajstić information content (AvgIpc) is 2.54. The molecule has 1 aliphatic rings. The normalized spacial score (nSPS) is 18.5. The monoisotopic (exact) mass is 355 g/mol. The van der Waals surface area contributed by atoms with Crippen LogP contribution in [0, 0.1) is 0 Å². The number of carbonyl (C=O) groups is 2. The summed E-state index contributed by atoms with van der Waals surface area (Å²) in [6.45, 7) is 0. The van der Waals surface area contributed by atoms with Crippen molar-refractivity contribution >= 4 is 22.0 Å². The number of benzene rings is 1. The summed E-state index contributed by atoms with van der Waals surface area (Å²) in [4.78, 5) is 24.1. The standard InChI is InChI=1S/C16H21NO6S/c18-14(19)13(11-24(21,22)23)17-15(20)16(9-5-2-6-10-16)12-7-3-1-4-8-12/h1,3-4,7-8,13H,2,5-6,9-11H2,(H,17,20)(H,18,19)(H,21,22,23)/t13-/m0/s1. The molecule has 1 fully saturated rings. The molecule has 7 nitrogen and oxygen atoms in total. The quantitative estimate of drug-likeness (QED) is 0.662. The molecule has 24 heavy (non-hydrogen) atoms. The third-order valence-corrected chi connectivity index (χ3v) is 5.20. The van der Waals surface area contributed by atoms with Gasteiger partial charge in [0, 0.05) is 0 Å². The number of carbonyl (C=O) groups excluding carboxylic acids is 1. The van der Waals surface area contributed by atoms with E-state index in [0.29, 0.717) is 12.8 Å². The van der Waals surface area contributed by atoms with Gasteiger partial charge in [0.2, 0.25) is 5.91 Å². The lowest BCUT2D eigenvalue weighted by atomic mass is 9.68. The first-order chi connectivity index (χ1) is 11.2. The van der Waals surface area contributed by atoms with Crippen molar-refractivity contribution < 1.29 is 27.7 Å². The lowest BCUT2D eigenvalue weighted by molar-refractivity contribution is -0.142. The molecule has 0 unspecified atom stereocenters. The molecule has 1 amide bonds. The summed E-state index contributed by atoms with van der Waals surface area (Å²) in [6.07, 6.45) is 3.80. The second-order valence-electron chi connectivity index (χ2n) is 6.12. The van der Waals surface area contributed by atoms with Crippen molar-refractivity contribution in [2.24, 2.45) is 0 Å². The summed E-state index contributed by atoms with van der Waals surface area (Å²) in [7, 11) is -4.52. The van der Waals surface area contributed by atoms with Crippen LogP contribution in [0.3, 0.4) is 0 Å². The van der Waals surface area contributed by atoms with Crippen molar-refractivity contribution in [1.29, 1.82) is 0 Å².